The van der Waals surface area contributed by atoms with Gasteiger partial charge in [0.25, 0.3) is 0 Å². The summed E-state index contributed by atoms with van der Waals surface area (Å²) in [5.41, 5.74) is 9.13. The van der Waals surface area contributed by atoms with Crippen molar-refractivity contribution in [3.63, 3.8) is 0 Å². The van der Waals surface area contributed by atoms with Crippen LogP contribution in [0.15, 0.2) is 148 Å². The number of anilines is 3. The van der Waals surface area contributed by atoms with Crippen molar-refractivity contribution in [1.82, 2.24) is 0 Å². The van der Waals surface area contributed by atoms with Gasteiger partial charge in [0.2, 0.25) is 0 Å². The van der Waals surface area contributed by atoms with Crippen LogP contribution in [0, 0.1) is 0 Å². The van der Waals surface area contributed by atoms with Crippen molar-refractivity contribution in [2.45, 2.75) is 12.8 Å². The molecule has 0 saturated carbocycles. The fraction of sp³-hybridized carbons (Fsp3) is 0.0500. The van der Waals surface area contributed by atoms with Crippen molar-refractivity contribution in [3.8, 4) is 0 Å². The lowest BCUT2D eigenvalue weighted by molar-refractivity contribution is 0.667. The van der Waals surface area contributed by atoms with Gasteiger partial charge in [0, 0.05) is 38.9 Å². The van der Waals surface area contributed by atoms with Gasteiger partial charge in [0.15, 0.2) is 5.58 Å². The van der Waals surface area contributed by atoms with Crippen molar-refractivity contribution in [2.24, 2.45) is 0 Å². The highest BCUT2D eigenvalue weighted by molar-refractivity contribution is 6.13. The number of rotatable bonds is 4. The first-order valence-corrected chi connectivity index (χ1v) is 14.8. The fourth-order valence-electron chi connectivity index (χ4n) is 6.66. The van der Waals surface area contributed by atoms with E-state index in [1.165, 1.54) is 21.9 Å². The van der Waals surface area contributed by atoms with Crippen LogP contribution >= 0.6 is 0 Å². The third kappa shape index (κ3) is 3.82. The minimum absolute atomic E-state index is 0.864. The van der Waals surface area contributed by atoms with Gasteiger partial charge < -0.3 is 13.7 Å². The average Bonchev–Trinajstić information content (AvgIpc) is 3.63. The monoisotopic (exact) mass is 553 g/mol. The summed E-state index contributed by atoms with van der Waals surface area (Å²) in [4.78, 5) is 2.36. The third-order valence-electron chi connectivity index (χ3n) is 8.72. The molecule has 43 heavy (non-hydrogen) atoms. The highest BCUT2D eigenvalue weighted by Crippen LogP contribution is 2.48. The van der Waals surface area contributed by atoms with Gasteiger partial charge in [-0.3, -0.25) is 0 Å². The van der Waals surface area contributed by atoms with Crippen LogP contribution in [0.25, 0.3) is 60.2 Å². The van der Waals surface area contributed by atoms with E-state index in [2.05, 4.69) is 126 Å². The molecule has 0 amide bonds. The molecule has 3 heteroatoms. The zero-order valence-electron chi connectivity index (χ0n) is 23.5. The lowest BCUT2D eigenvalue weighted by Gasteiger charge is -2.29. The minimum Gasteiger partial charge on any atom is -0.456 e. The first-order valence-electron chi connectivity index (χ1n) is 14.8. The second kappa shape index (κ2) is 9.50. The number of furan rings is 2. The van der Waals surface area contributed by atoms with Crippen molar-refractivity contribution < 1.29 is 8.83 Å². The molecular weight excluding hydrogens is 526 g/mol. The zero-order chi connectivity index (χ0) is 28.3. The summed E-state index contributed by atoms with van der Waals surface area (Å²) < 4.78 is 13.1. The van der Waals surface area contributed by atoms with Crippen LogP contribution in [-0.2, 0) is 0 Å². The fourth-order valence-corrected chi connectivity index (χ4v) is 6.66. The summed E-state index contributed by atoms with van der Waals surface area (Å²) in [6.07, 6.45) is 8.65. The number of fused-ring (bicyclic) bond motifs is 7. The molecule has 8 aromatic rings. The van der Waals surface area contributed by atoms with Crippen LogP contribution in [0.5, 0.6) is 0 Å². The number of hydrogen-bond donors (Lipinski definition) is 0. The average molecular weight is 554 g/mol. The van der Waals surface area contributed by atoms with Gasteiger partial charge in [-0.1, -0.05) is 91.0 Å². The van der Waals surface area contributed by atoms with Gasteiger partial charge in [-0.05, 0) is 71.7 Å². The Morgan fingerprint density at radius 3 is 2.05 bits per heavy atom. The van der Waals surface area contributed by atoms with E-state index in [1.54, 1.807) is 0 Å². The maximum atomic E-state index is 6.75. The molecule has 0 spiro atoms. The van der Waals surface area contributed by atoms with E-state index in [-0.39, 0.29) is 0 Å². The second-order valence-corrected chi connectivity index (χ2v) is 11.2. The molecule has 0 N–H and O–H groups in total. The van der Waals surface area contributed by atoms with Crippen molar-refractivity contribution in [2.75, 3.05) is 4.90 Å². The summed E-state index contributed by atoms with van der Waals surface area (Å²) >= 11 is 0. The molecule has 9 rings (SSSR count). The van der Waals surface area contributed by atoms with E-state index < -0.39 is 0 Å². The highest BCUT2D eigenvalue weighted by atomic mass is 16.3. The van der Waals surface area contributed by atoms with Crippen LogP contribution in [0.4, 0.5) is 17.1 Å². The molecule has 0 atom stereocenters. The Hall–Kier alpha value is -5.54. The number of allylic oxidation sites excluding steroid dienone is 4. The van der Waals surface area contributed by atoms with Gasteiger partial charge in [-0.2, -0.15) is 0 Å². The molecule has 0 radical (unpaired) electrons. The van der Waals surface area contributed by atoms with Crippen LogP contribution in [0.1, 0.15) is 18.4 Å². The van der Waals surface area contributed by atoms with E-state index in [9.17, 15) is 0 Å². The number of nitrogens with zero attached hydrogens (tertiary/aromatic N) is 1. The number of hydrogen-bond acceptors (Lipinski definition) is 3. The molecular formula is C40H27NO2. The smallest absolute Gasteiger partial charge is 0.160 e. The molecule has 1 aliphatic carbocycles. The second-order valence-electron chi connectivity index (χ2n) is 11.2. The Morgan fingerprint density at radius 1 is 0.535 bits per heavy atom. The SMILES string of the molecule is C1=CCCC(c2ccc3c(oc4ccccc43)c2N(c2ccc3ccccc3c2)c2ccc3c(c2)oc2ccccc23)=C1. The van der Waals surface area contributed by atoms with Gasteiger partial charge in [-0.25, -0.2) is 0 Å². The summed E-state index contributed by atoms with van der Waals surface area (Å²) in [6, 6.07) is 42.9. The number of benzene rings is 6. The van der Waals surface area contributed by atoms with Crippen molar-refractivity contribution >= 4 is 77.3 Å². The summed E-state index contributed by atoms with van der Waals surface area (Å²) in [5, 5.41) is 6.86. The first-order chi connectivity index (χ1) is 21.3. The molecule has 0 aliphatic heterocycles. The Labute approximate surface area is 248 Å². The Kier molecular flexibility index (Phi) is 5.32. The van der Waals surface area contributed by atoms with Crippen molar-refractivity contribution in [1.29, 1.82) is 0 Å². The summed E-state index contributed by atoms with van der Waals surface area (Å²) in [7, 11) is 0. The largest absolute Gasteiger partial charge is 0.456 e. The van der Waals surface area contributed by atoms with Gasteiger partial charge in [0.05, 0.1) is 11.4 Å². The molecule has 0 saturated heterocycles. The standard InChI is InChI=1S/C40H27NO2/c1-2-11-27(12-3-1)31-22-23-35-33-15-7-9-17-37(33)43-40(35)39(31)41(29-19-18-26-10-4-5-13-28(26)24-29)30-20-21-34-32-14-6-8-16-36(32)42-38(34)25-30/h1-2,4-11,13-25H,3,12H2. The highest BCUT2D eigenvalue weighted by Gasteiger charge is 2.25. The maximum absolute atomic E-state index is 6.75. The topological polar surface area (TPSA) is 29.5 Å². The molecule has 0 unspecified atom stereocenters. The Balaban J connectivity index is 1.39. The first kappa shape index (κ1) is 24.1. The van der Waals surface area contributed by atoms with Crippen LogP contribution in [0.2, 0.25) is 0 Å². The molecule has 1 aliphatic rings. The lowest BCUT2D eigenvalue weighted by Crippen LogP contribution is -2.13. The molecule has 2 aromatic heterocycles. The van der Waals surface area contributed by atoms with E-state index in [0.29, 0.717) is 0 Å². The Bertz CT molecular complexity index is 2420. The molecule has 6 aromatic carbocycles. The molecule has 3 nitrogen and oxygen atoms in total. The van der Waals surface area contributed by atoms with Crippen molar-refractivity contribution in [3.05, 3.63) is 145 Å². The van der Waals surface area contributed by atoms with E-state index in [4.69, 9.17) is 8.83 Å². The quantitative estimate of drug-likeness (QED) is 0.217. The van der Waals surface area contributed by atoms with Crippen LogP contribution in [0.3, 0.4) is 0 Å². The van der Waals surface area contributed by atoms with Crippen LogP contribution in [-0.4, -0.2) is 0 Å². The molecule has 0 fully saturated rings. The van der Waals surface area contributed by atoms with Gasteiger partial charge in [0.1, 0.15) is 16.7 Å². The molecule has 0 bridgehead atoms. The molecule has 204 valence electrons. The van der Waals surface area contributed by atoms with Gasteiger partial charge >= 0.3 is 0 Å². The Morgan fingerprint density at radius 2 is 1.21 bits per heavy atom. The predicted molar refractivity (Wildman–Crippen MR) is 180 cm³/mol. The summed E-state index contributed by atoms with van der Waals surface area (Å²) in [5.74, 6) is 0. The van der Waals surface area contributed by atoms with E-state index in [1.807, 2.05) is 18.2 Å². The lowest BCUT2D eigenvalue weighted by atomic mass is 9.93. The summed E-state index contributed by atoms with van der Waals surface area (Å²) in [6.45, 7) is 0. The van der Waals surface area contributed by atoms with Crippen LogP contribution < -0.4 is 4.90 Å². The van der Waals surface area contributed by atoms with Gasteiger partial charge in [-0.15, -0.1) is 0 Å². The molecule has 2 heterocycles. The third-order valence-corrected chi connectivity index (χ3v) is 8.72. The predicted octanol–water partition coefficient (Wildman–Crippen LogP) is 11.8. The maximum Gasteiger partial charge on any atom is 0.160 e. The van der Waals surface area contributed by atoms with E-state index in [0.717, 1.165) is 73.8 Å². The zero-order valence-corrected chi connectivity index (χ0v) is 23.5. The van der Waals surface area contributed by atoms with E-state index >= 15 is 0 Å². The normalized spacial score (nSPS) is 13.4. The minimum atomic E-state index is 0.864. The number of para-hydroxylation sites is 2.